The summed E-state index contributed by atoms with van der Waals surface area (Å²) in [7, 11) is 3.64. The van der Waals surface area contributed by atoms with E-state index in [1.165, 1.54) is 0 Å². The van der Waals surface area contributed by atoms with Crippen molar-refractivity contribution in [2.45, 2.75) is 13.8 Å². The van der Waals surface area contributed by atoms with Gasteiger partial charge in [-0.15, -0.1) is 0 Å². The van der Waals surface area contributed by atoms with Crippen LogP contribution in [-0.4, -0.2) is 52.2 Å². The number of carbonyl (C=O) groups excluding carboxylic acids is 2. The Balaban J connectivity index is 1.55. The molecule has 0 saturated heterocycles. The molecule has 4 aromatic rings. The Morgan fingerprint density at radius 2 is 0.944 bits per heavy atom. The summed E-state index contributed by atoms with van der Waals surface area (Å²) in [6.45, 7) is 4.05. The van der Waals surface area contributed by atoms with Gasteiger partial charge in [-0.25, -0.2) is 0 Å². The normalized spacial score (nSPS) is 10.7. The van der Waals surface area contributed by atoms with Crippen LogP contribution in [0.25, 0.3) is 0 Å². The van der Waals surface area contributed by atoms with E-state index in [9.17, 15) is 9.59 Å². The molecule has 4 aromatic carbocycles. The van der Waals surface area contributed by atoms with Gasteiger partial charge in [0, 0.05) is 0 Å². The van der Waals surface area contributed by atoms with Crippen molar-refractivity contribution in [3.8, 4) is 0 Å². The van der Waals surface area contributed by atoms with Gasteiger partial charge in [0.2, 0.25) is 0 Å². The SMILES string of the molecule is Cc1cccc(N(C)C(=O)c2ccccc2[Se][Se]c2ccccc2C(=O)N(C)c2cccc(C)c2)c1. The molecule has 0 aliphatic carbocycles. The van der Waals surface area contributed by atoms with Crippen molar-refractivity contribution in [1.82, 2.24) is 0 Å². The third-order valence-corrected chi connectivity index (χ3v) is 13.1. The molecule has 0 N–H and O–H groups in total. The van der Waals surface area contributed by atoms with Crippen molar-refractivity contribution < 1.29 is 9.59 Å². The van der Waals surface area contributed by atoms with Gasteiger partial charge in [0.15, 0.2) is 0 Å². The zero-order valence-electron chi connectivity index (χ0n) is 20.8. The number of carbonyl (C=O) groups is 2. The van der Waals surface area contributed by atoms with E-state index in [0.29, 0.717) is 0 Å². The summed E-state index contributed by atoms with van der Waals surface area (Å²) < 4.78 is 2.12. The van der Waals surface area contributed by atoms with Crippen LogP contribution in [0.5, 0.6) is 0 Å². The molecule has 36 heavy (non-hydrogen) atoms. The van der Waals surface area contributed by atoms with Crippen LogP contribution < -0.4 is 18.7 Å². The van der Waals surface area contributed by atoms with E-state index in [-0.39, 0.29) is 38.1 Å². The quantitative estimate of drug-likeness (QED) is 0.297. The van der Waals surface area contributed by atoms with Gasteiger partial charge >= 0.3 is 225 Å². The standard InChI is InChI=1S/C30H28N2O2Se2/c1-21-11-9-13-23(19-21)31(3)29(33)25-15-5-7-17-27(25)35-36-28-18-8-6-16-26(28)30(34)32(4)24-14-10-12-22(2)20-24/h5-20H,1-4H3. The second kappa shape index (κ2) is 11.7. The summed E-state index contributed by atoms with van der Waals surface area (Å²) in [6, 6.07) is 31.6. The fourth-order valence-electron chi connectivity index (χ4n) is 3.79. The van der Waals surface area contributed by atoms with Gasteiger partial charge in [-0.3, -0.25) is 0 Å². The van der Waals surface area contributed by atoms with Crippen molar-refractivity contribution in [2.24, 2.45) is 0 Å². The zero-order valence-corrected chi connectivity index (χ0v) is 24.2. The van der Waals surface area contributed by atoms with Crippen molar-refractivity contribution >= 4 is 58.4 Å². The Bertz CT molecular complexity index is 1300. The van der Waals surface area contributed by atoms with Crippen LogP contribution in [0.15, 0.2) is 97.1 Å². The third-order valence-electron chi connectivity index (χ3n) is 5.84. The first-order valence-corrected chi connectivity index (χ1v) is 17.6. The topological polar surface area (TPSA) is 40.6 Å². The van der Waals surface area contributed by atoms with Gasteiger partial charge in [0.05, 0.1) is 0 Å². The van der Waals surface area contributed by atoms with Crippen LogP contribution >= 0.6 is 0 Å². The number of rotatable bonds is 7. The average Bonchev–Trinajstić information content (AvgIpc) is 2.90. The Morgan fingerprint density at radius 1 is 0.556 bits per heavy atom. The number of aryl methyl sites for hydroxylation is 2. The zero-order chi connectivity index (χ0) is 25.7. The van der Waals surface area contributed by atoms with Gasteiger partial charge in [-0.2, -0.15) is 0 Å². The molecule has 0 aromatic heterocycles. The number of benzene rings is 4. The molecule has 2 amide bonds. The molecular formula is C30H28N2O2Se2. The first kappa shape index (κ1) is 25.9. The fraction of sp³-hybridized carbons (Fsp3) is 0.133. The summed E-state index contributed by atoms with van der Waals surface area (Å²) in [5.41, 5.74) is 5.44. The predicted octanol–water partition coefficient (Wildman–Crippen LogP) is 4.13. The first-order chi connectivity index (χ1) is 17.3. The molecule has 182 valence electrons. The van der Waals surface area contributed by atoms with E-state index in [0.717, 1.165) is 42.6 Å². The van der Waals surface area contributed by atoms with Crippen LogP contribution in [0.3, 0.4) is 0 Å². The molecule has 0 radical (unpaired) electrons. The molecule has 4 nitrogen and oxygen atoms in total. The van der Waals surface area contributed by atoms with Crippen LogP contribution in [0.2, 0.25) is 0 Å². The Hall–Kier alpha value is -3.14. The molecule has 0 unspecified atom stereocenters. The summed E-state index contributed by atoms with van der Waals surface area (Å²) in [5, 5.41) is 0. The van der Waals surface area contributed by atoms with Crippen molar-refractivity contribution in [2.75, 3.05) is 23.9 Å². The monoisotopic (exact) mass is 608 g/mol. The van der Waals surface area contributed by atoms with Gasteiger partial charge in [-0.1, -0.05) is 0 Å². The molecule has 0 aliphatic rings. The molecule has 0 spiro atoms. The summed E-state index contributed by atoms with van der Waals surface area (Å²) in [5.74, 6) is -0.0326. The molecule has 0 fully saturated rings. The second-order valence-corrected chi connectivity index (χ2v) is 14.7. The van der Waals surface area contributed by atoms with E-state index >= 15 is 0 Å². The van der Waals surface area contributed by atoms with Gasteiger partial charge < -0.3 is 0 Å². The molecular weight excluding hydrogens is 578 g/mol. The minimum absolute atomic E-state index is 0.0163. The van der Waals surface area contributed by atoms with Gasteiger partial charge in [0.1, 0.15) is 0 Å². The fourth-order valence-corrected chi connectivity index (χ4v) is 10.9. The number of amides is 2. The Kier molecular flexibility index (Phi) is 8.45. The van der Waals surface area contributed by atoms with Crippen LogP contribution in [0.4, 0.5) is 11.4 Å². The van der Waals surface area contributed by atoms with Gasteiger partial charge in [-0.05, 0) is 0 Å². The first-order valence-electron chi connectivity index (χ1n) is 11.6. The van der Waals surface area contributed by atoms with Crippen LogP contribution in [-0.2, 0) is 0 Å². The molecule has 0 heterocycles. The number of hydrogen-bond donors (Lipinski definition) is 0. The van der Waals surface area contributed by atoms with Crippen molar-refractivity contribution in [3.05, 3.63) is 119 Å². The predicted molar refractivity (Wildman–Crippen MR) is 151 cm³/mol. The molecule has 0 saturated carbocycles. The van der Waals surface area contributed by atoms with Crippen molar-refractivity contribution in [3.63, 3.8) is 0 Å². The minimum atomic E-state index is -0.0163. The third kappa shape index (κ3) is 5.97. The van der Waals surface area contributed by atoms with E-state index in [4.69, 9.17) is 0 Å². The maximum atomic E-state index is 13.4. The van der Waals surface area contributed by atoms with Gasteiger partial charge in [0.25, 0.3) is 0 Å². The number of nitrogens with zero attached hydrogens (tertiary/aromatic N) is 2. The molecule has 6 heteroatoms. The van der Waals surface area contributed by atoms with Crippen LogP contribution in [0, 0.1) is 13.8 Å². The molecule has 0 aliphatic heterocycles. The Labute approximate surface area is 224 Å². The summed E-state index contributed by atoms with van der Waals surface area (Å²) >= 11 is 0.0655. The molecule has 0 bridgehead atoms. The van der Waals surface area contributed by atoms with E-state index in [1.54, 1.807) is 9.80 Å². The molecule has 4 rings (SSSR count). The second-order valence-electron chi connectivity index (χ2n) is 8.57. The number of anilines is 2. The van der Waals surface area contributed by atoms with Crippen molar-refractivity contribution in [1.29, 1.82) is 0 Å². The summed E-state index contributed by atoms with van der Waals surface area (Å²) in [6.07, 6.45) is 0. The van der Waals surface area contributed by atoms with Crippen LogP contribution in [0.1, 0.15) is 31.8 Å². The molecule has 0 atom stereocenters. The van der Waals surface area contributed by atoms with E-state index in [2.05, 4.69) is 0 Å². The summed E-state index contributed by atoms with van der Waals surface area (Å²) in [4.78, 5) is 30.3. The van der Waals surface area contributed by atoms with E-state index < -0.39 is 0 Å². The number of hydrogen-bond acceptors (Lipinski definition) is 2. The maximum absolute atomic E-state index is 13.4. The average molecular weight is 606 g/mol. The Morgan fingerprint density at radius 3 is 1.33 bits per heavy atom. The van der Waals surface area contributed by atoms with E-state index in [1.807, 2.05) is 125 Å².